The first-order chi connectivity index (χ1) is 11.1. The highest BCUT2D eigenvalue weighted by Gasteiger charge is 2.06. The van der Waals surface area contributed by atoms with Gasteiger partial charge < -0.3 is 9.88 Å². The third kappa shape index (κ3) is 3.59. The standard InChI is InChI=1S/C17H21N5O/c1-13-20-15-11-14(6-7-16(15)21(13)2)12-18-17(23)5-3-9-22-10-4-8-19-22/h4,6-8,10-11H,3,5,9,12H2,1-2H3,(H,18,23). The lowest BCUT2D eigenvalue weighted by molar-refractivity contribution is -0.121. The first-order valence-electron chi connectivity index (χ1n) is 7.79. The minimum absolute atomic E-state index is 0.0643. The molecule has 6 nitrogen and oxygen atoms in total. The summed E-state index contributed by atoms with van der Waals surface area (Å²) in [4.78, 5) is 16.4. The highest BCUT2D eigenvalue weighted by atomic mass is 16.1. The van der Waals surface area contributed by atoms with Crippen LogP contribution in [0.5, 0.6) is 0 Å². The number of carbonyl (C=O) groups is 1. The molecule has 0 spiro atoms. The molecule has 1 N–H and O–H groups in total. The predicted molar refractivity (Wildman–Crippen MR) is 88.8 cm³/mol. The van der Waals surface area contributed by atoms with Gasteiger partial charge in [-0.15, -0.1) is 0 Å². The van der Waals surface area contributed by atoms with Gasteiger partial charge in [-0.3, -0.25) is 9.48 Å². The van der Waals surface area contributed by atoms with Gasteiger partial charge in [0.2, 0.25) is 5.91 Å². The summed E-state index contributed by atoms with van der Waals surface area (Å²) in [6, 6.07) is 8.00. The van der Waals surface area contributed by atoms with Gasteiger partial charge in [0.1, 0.15) is 5.82 Å². The van der Waals surface area contributed by atoms with Crippen LogP contribution in [0.1, 0.15) is 24.2 Å². The van der Waals surface area contributed by atoms with Crippen LogP contribution >= 0.6 is 0 Å². The fourth-order valence-electron chi connectivity index (χ4n) is 2.60. The van der Waals surface area contributed by atoms with Crippen molar-refractivity contribution in [2.24, 2.45) is 7.05 Å². The maximum Gasteiger partial charge on any atom is 0.220 e. The number of amides is 1. The molecule has 1 aromatic carbocycles. The highest BCUT2D eigenvalue weighted by molar-refractivity contribution is 5.78. The van der Waals surface area contributed by atoms with Gasteiger partial charge in [0.05, 0.1) is 11.0 Å². The molecular formula is C17H21N5O. The largest absolute Gasteiger partial charge is 0.352 e. The van der Waals surface area contributed by atoms with Gasteiger partial charge in [0, 0.05) is 39.0 Å². The maximum atomic E-state index is 11.9. The summed E-state index contributed by atoms with van der Waals surface area (Å²) >= 11 is 0. The van der Waals surface area contributed by atoms with Crippen LogP contribution < -0.4 is 5.32 Å². The van der Waals surface area contributed by atoms with E-state index in [2.05, 4.69) is 26.0 Å². The van der Waals surface area contributed by atoms with E-state index in [0.29, 0.717) is 13.0 Å². The number of fused-ring (bicyclic) bond motifs is 1. The molecule has 0 aliphatic heterocycles. The van der Waals surface area contributed by atoms with E-state index in [0.717, 1.165) is 35.4 Å². The van der Waals surface area contributed by atoms with E-state index in [-0.39, 0.29) is 5.91 Å². The topological polar surface area (TPSA) is 64.7 Å². The van der Waals surface area contributed by atoms with E-state index in [1.165, 1.54) is 0 Å². The van der Waals surface area contributed by atoms with Crippen molar-refractivity contribution in [3.63, 3.8) is 0 Å². The molecule has 0 atom stereocenters. The number of aryl methyl sites for hydroxylation is 3. The molecule has 0 radical (unpaired) electrons. The highest BCUT2D eigenvalue weighted by Crippen LogP contribution is 2.16. The third-order valence-electron chi connectivity index (χ3n) is 4.01. The lowest BCUT2D eigenvalue weighted by Crippen LogP contribution is -2.22. The van der Waals surface area contributed by atoms with Gasteiger partial charge in [-0.2, -0.15) is 5.10 Å². The van der Waals surface area contributed by atoms with Gasteiger partial charge in [0.15, 0.2) is 0 Å². The predicted octanol–water partition coefficient (Wildman–Crippen LogP) is 2.17. The molecular weight excluding hydrogens is 290 g/mol. The molecule has 0 unspecified atom stereocenters. The van der Waals surface area contributed by atoms with Crippen molar-refractivity contribution in [1.29, 1.82) is 0 Å². The number of hydrogen-bond acceptors (Lipinski definition) is 3. The Balaban J connectivity index is 1.50. The van der Waals surface area contributed by atoms with E-state index in [1.807, 2.05) is 43.0 Å². The van der Waals surface area contributed by atoms with Crippen molar-refractivity contribution < 1.29 is 4.79 Å². The van der Waals surface area contributed by atoms with Crippen molar-refractivity contribution in [3.8, 4) is 0 Å². The van der Waals surface area contributed by atoms with Gasteiger partial charge in [0.25, 0.3) is 0 Å². The molecule has 2 aromatic heterocycles. The normalized spacial score (nSPS) is 11.0. The van der Waals surface area contributed by atoms with Crippen molar-refractivity contribution in [3.05, 3.63) is 48.0 Å². The molecule has 2 heterocycles. The van der Waals surface area contributed by atoms with Crippen LogP contribution in [0.25, 0.3) is 11.0 Å². The average Bonchev–Trinajstić information content (AvgIpc) is 3.14. The summed E-state index contributed by atoms with van der Waals surface area (Å²) in [6.07, 6.45) is 4.94. The van der Waals surface area contributed by atoms with Gasteiger partial charge in [-0.1, -0.05) is 6.07 Å². The molecule has 1 amide bonds. The maximum absolute atomic E-state index is 11.9. The Bertz CT molecular complexity index is 804. The van der Waals surface area contributed by atoms with E-state index < -0.39 is 0 Å². The average molecular weight is 311 g/mol. The van der Waals surface area contributed by atoms with Crippen LogP contribution in [-0.2, 0) is 24.9 Å². The minimum Gasteiger partial charge on any atom is -0.352 e. The third-order valence-corrected chi connectivity index (χ3v) is 4.01. The molecule has 120 valence electrons. The van der Waals surface area contributed by atoms with Gasteiger partial charge >= 0.3 is 0 Å². The summed E-state index contributed by atoms with van der Waals surface area (Å²) in [5.41, 5.74) is 3.14. The van der Waals surface area contributed by atoms with Gasteiger partial charge in [-0.25, -0.2) is 4.98 Å². The zero-order valence-corrected chi connectivity index (χ0v) is 13.5. The van der Waals surface area contributed by atoms with E-state index in [9.17, 15) is 4.79 Å². The van der Waals surface area contributed by atoms with Crippen molar-refractivity contribution in [2.75, 3.05) is 0 Å². The Hall–Kier alpha value is -2.63. The van der Waals surface area contributed by atoms with Crippen LogP contribution in [0, 0.1) is 6.92 Å². The fraction of sp³-hybridized carbons (Fsp3) is 0.353. The number of nitrogens with zero attached hydrogens (tertiary/aromatic N) is 4. The molecule has 0 fully saturated rings. The molecule has 0 saturated carbocycles. The molecule has 23 heavy (non-hydrogen) atoms. The number of nitrogens with one attached hydrogen (secondary N) is 1. The van der Waals surface area contributed by atoms with Crippen molar-refractivity contribution in [1.82, 2.24) is 24.6 Å². The Morgan fingerprint density at radius 2 is 2.22 bits per heavy atom. The summed E-state index contributed by atoms with van der Waals surface area (Å²) in [5, 5.41) is 7.08. The van der Waals surface area contributed by atoms with Crippen LogP contribution in [0.2, 0.25) is 0 Å². The second-order valence-corrected chi connectivity index (χ2v) is 5.69. The Kier molecular flexibility index (Phi) is 4.41. The fourth-order valence-corrected chi connectivity index (χ4v) is 2.60. The summed E-state index contributed by atoms with van der Waals surface area (Å²) in [5.74, 6) is 1.05. The number of aromatic nitrogens is 4. The summed E-state index contributed by atoms with van der Waals surface area (Å²) < 4.78 is 3.90. The molecule has 3 aromatic rings. The summed E-state index contributed by atoms with van der Waals surface area (Å²) in [7, 11) is 2.01. The number of hydrogen-bond donors (Lipinski definition) is 1. The Labute approximate surface area is 135 Å². The number of rotatable bonds is 6. The Morgan fingerprint density at radius 3 is 3.00 bits per heavy atom. The minimum atomic E-state index is 0.0643. The smallest absolute Gasteiger partial charge is 0.220 e. The van der Waals surface area contributed by atoms with E-state index in [4.69, 9.17) is 0 Å². The lowest BCUT2D eigenvalue weighted by Gasteiger charge is -2.06. The monoisotopic (exact) mass is 311 g/mol. The second kappa shape index (κ2) is 6.64. The number of imidazole rings is 1. The SMILES string of the molecule is Cc1nc2cc(CNC(=O)CCCn3cccn3)ccc2n1C. The van der Waals surface area contributed by atoms with Crippen LogP contribution in [-0.4, -0.2) is 25.2 Å². The quantitative estimate of drug-likeness (QED) is 0.759. The first kappa shape index (κ1) is 15.3. The molecule has 0 saturated heterocycles. The van der Waals surface area contributed by atoms with Gasteiger partial charge in [-0.05, 0) is 37.1 Å². The zero-order chi connectivity index (χ0) is 16.2. The van der Waals surface area contributed by atoms with Crippen LogP contribution in [0.4, 0.5) is 0 Å². The molecule has 0 aliphatic carbocycles. The van der Waals surface area contributed by atoms with Crippen LogP contribution in [0.15, 0.2) is 36.7 Å². The second-order valence-electron chi connectivity index (χ2n) is 5.69. The Morgan fingerprint density at radius 1 is 1.35 bits per heavy atom. The number of carbonyl (C=O) groups excluding carboxylic acids is 1. The zero-order valence-electron chi connectivity index (χ0n) is 13.5. The molecule has 6 heteroatoms. The molecule has 3 rings (SSSR count). The summed E-state index contributed by atoms with van der Waals surface area (Å²) in [6.45, 7) is 3.28. The lowest BCUT2D eigenvalue weighted by atomic mass is 10.2. The van der Waals surface area contributed by atoms with Crippen LogP contribution in [0.3, 0.4) is 0 Å². The molecule has 0 aliphatic rings. The molecule has 0 bridgehead atoms. The van der Waals surface area contributed by atoms with E-state index >= 15 is 0 Å². The first-order valence-corrected chi connectivity index (χ1v) is 7.79. The number of benzene rings is 1. The van der Waals surface area contributed by atoms with Crippen molar-refractivity contribution >= 4 is 16.9 Å². The van der Waals surface area contributed by atoms with Crippen molar-refractivity contribution in [2.45, 2.75) is 32.9 Å². The van der Waals surface area contributed by atoms with E-state index in [1.54, 1.807) is 6.20 Å².